The summed E-state index contributed by atoms with van der Waals surface area (Å²) in [5.74, 6) is -0.00646. The van der Waals surface area contributed by atoms with Crippen molar-refractivity contribution in [2.24, 2.45) is 0 Å². The normalized spacial score (nSPS) is 10.8. The molecule has 0 unspecified atom stereocenters. The molecule has 0 fully saturated rings. The van der Waals surface area contributed by atoms with Gasteiger partial charge in [-0.05, 0) is 34.5 Å². The lowest BCUT2D eigenvalue weighted by atomic mass is 9.98. The molecule has 0 radical (unpaired) electrons. The lowest BCUT2D eigenvalue weighted by Gasteiger charge is -2.07. The van der Waals surface area contributed by atoms with E-state index in [0.29, 0.717) is 22.0 Å². The summed E-state index contributed by atoms with van der Waals surface area (Å²) in [6, 6.07) is 19.0. The molecule has 0 heterocycles. The summed E-state index contributed by atoms with van der Waals surface area (Å²) in [7, 11) is 0. The Kier molecular flexibility index (Phi) is 3.96. The highest BCUT2D eigenvalue weighted by Gasteiger charge is 2.13. The van der Waals surface area contributed by atoms with E-state index < -0.39 is 0 Å². The van der Waals surface area contributed by atoms with Crippen LogP contribution in [0.1, 0.15) is 15.9 Å². The minimum Gasteiger partial charge on any atom is -0.294 e. The van der Waals surface area contributed by atoms with Crippen molar-refractivity contribution in [1.29, 1.82) is 0 Å². The van der Waals surface area contributed by atoms with Gasteiger partial charge in [0.2, 0.25) is 0 Å². The van der Waals surface area contributed by atoms with Gasteiger partial charge in [0, 0.05) is 17.0 Å². The fourth-order valence-electron chi connectivity index (χ4n) is 2.43. The van der Waals surface area contributed by atoms with E-state index in [9.17, 15) is 4.79 Å². The first-order valence-corrected chi connectivity index (χ1v) is 7.35. The fourth-order valence-corrected chi connectivity index (χ4v) is 2.94. The summed E-state index contributed by atoms with van der Waals surface area (Å²) < 4.78 is 0. The van der Waals surface area contributed by atoms with E-state index in [4.69, 9.17) is 23.2 Å². The maximum absolute atomic E-state index is 12.5. The quantitative estimate of drug-likeness (QED) is 0.577. The molecule has 21 heavy (non-hydrogen) atoms. The van der Waals surface area contributed by atoms with Crippen molar-refractivity contribution in [1.82, 2.24) is 0 Å². The molecule has 1 nitrogen and oxygen atoms in total. The Bertz CT molecular complexity index is 819. The second kappa shape index (κ2) is 5.88. The smallest absolute Gasteiger partial charge is 0.168 e. The third-order valence-electron chi connectivity index (χ3n) is 3.46. The van der Waals surface area contributed by atoms with Crippen molar-refractivity contribution in [3.8, 4) is 0 Å². The first-order chi connectivity index (χ1) is 10.1. The standard InChI is InChI=1S/C18H12Cl2O/c19-14-8-9-16(17(20)11-14)18(21)10-13-6-3-5-12-4-1-2-7-15(12)13/h1-9,11H,10H2. The molecule has 0 amide bonds. The van der Waals surface area contributed by atoms with Crippen LogP contribution in [0.15, 0.2) is 60.7 Å². The van der Waals surface area contributed by atoms with Crippen molar-refractivity contribution < 1.29 is 4.79 Å². The first kappa shape index (κ1) is 14.1. The van der Waals surface area contributed by atoms with E-state index in [1.807, 2.05) is 42.5 Å². The maximum Gasteiger partial charge on any atom is 0.168 e. The topological polar surface area (TPSA) is 17.1 Å². The van der Waals surface area contributed by atoms with Gasteiger partial charge in [-0.25, -0.2) is 0 Å². The average molecular weight is 315 g/mol. The number of Topliss-reactive ketones (excluding diaryl/α,β-unsaturated/α-hetero) is 1. The molecule has 0 bridgehead atoms. The van der Waals surface area contributed by atoms with E-state index in [0.717, 1.165) is 16.3 Å². The van der Waals surface area contributed by atoms with Crippen LogP contribution in [0.3, 0.4) is 0 Å². The molecule has 0 saturated heterocycles. The lowest BCUT2D eigenvalue weighted by molar-refractivity contribution is 0.0993. The van der Waals surface area contributed by atoms with E-state index in [1.165, 1.54) is 0 Å². The molecule has 104 valence electrons. The number of carbonyl (C=O) groups is 1. The van der Waals surface area contributed by atoms with Crippen molar-refractivity contribution in [3.05, 3.63) is 81.8 Å². The number of carbonyl (C=O) groups excluding carboxylic acids is 1. The van der Waals surface area contributed by atoms with Crippen molar-refractivity contribution >= 4 is 39.8 Å². The predicted octanol–water partition coefficient (Wildman–Crippen LogP) is 5.57. The highest BCUT2D eigenvalue weighted by atomic mass is 35.5. The fraction of sp³-hybridized carbons (Fsp3) is 0.0556. The van der Waals surface area contributed by atoms with Gasteiger partial charge in [-0.2, -0.15) is 0 Å². The van der Waals surface area contributed by atoms with Crippen molar-refractivity contribution in [2.75, 3.05) is 0 Å². The lowest BCUT2D eigenvalue weighted by Crippen LogP contribution is -2.04. The number of benzene rings is 3. The van der Waals surface area contributed by atoms with Gasteiger partial charge in [-0.15, -0.1) is 0 Å². The number of ketones is 1. The third-order valence-corrected chi connectivity index (χ3v) is 4.01. The Morgan fingerprint density at radius 1 is 0.905 bits per heavy atom. The monoisotopic (exact) mass is 314 g/mol. The first-order valence-electron chi connectivity index (χ1n) is 6.60. The van der Waals surface area contributed by atoms with E-state index in [-0.39, 0.29) is 5.78 Å². The zero-order valence-corrected chi connectivity index (χ0v) is 12.7. The largest absolute Gasteiger partial charge is 0.294 e. The van der Waals surface area contributed by atoms with Crippen LogP contribution in [0.25, 0.3) is 10.8 Å². The molecule has 0 atom stereocenters. The van der Waals surface area contributed by atoms with Crippen molar-refractivity contribution in [3.63, 3.8) is 0 Å². The molecule has 3 aromatic carbocycles. The molecule has 0 aliphatic rings. The summed E-state index contributed by atoms with van der Waals surface area (Å²) in [6.07, 6.45) is 0.322. The molecule has 0 aliphatic heterocycles. The summed E-state index contributed by atoms with van der Waals surface area (Å²) in [4.78, 5) is 12.5. The third kappa shape index (κ3) is 2.94. The van der Waals surface area contributed by atoms with Crippen LogP contribution in [-0.4, -0.2) is 5.78 Å². The van der Waals surface area contributed by atoms with Crippen LogP contribution in [0.2, 0.25) is 10.0 Å². The molecule has 3 aromatic rings. The second-order valence-corrected chi connectivity index (χ2v) is 5.71. The minimum absolute atomic E-state index is 0.00646. The van der Waals surface area contributed by atoms with Crippen LogP contribution in [0, 0.1) is 0 Å². The van der Waals surface area contributed by atoms with Gasteiger partial charge in [0.15, 0.2) is 5.78 Å². The summed E-state index contributed by atoms with van der Waals surface area (Å²) in [5, 5.41) is 3.15. The molecule has 3 rings (SSSR count). The molecule has 3 heteroatoms. The van der Waals surface area contributed by atoms with Gasteiger partial charge in [0.1, 0.15) is 0 Å². The number of rotatable bonds is 3. The zero-order chi connectivity index (χ0) is 14.8. The number of hydrogen-bond donors (Lipinski definition) is 0. The zero-order valence-electron chi connectivity index (χ0n) is 11.1. The van der Waals surface area contributed by atoms with Crippen LogP contribution in [0.5, 0.6) is 0 Å². The highest BCUT2D eigenvalue weighted by molar-refractivity contribution is 6.36. The van der Waals surface area contributed by atoms with Crippen LogP contribution in [0.4, 0.5) is 0 Å². The summed E-state index contributed by atoms with van der Waals surface area (Å²) in [5.41, 5.74) is 1.51. The molecule has 0 aliphatic carbocycles. The second-order valence-electron chi connectivity index (χ2n) is 4.86. The van der Waals surface area contributed by atoms with Gasteiger partial charge in [-0.1, -0.05) is 65.7 Å². The molecular weight excluding hydrogens is 303 g/mol. The summed E-state index contributed by atoms with van der Waals surface area (Å²) >= 11 is 12.0. The molecule has 0 spiro atoms. The van der Waals surface area contributed by atoms with Crippen LogP contribution >= 0.6 is 23.2 Å². The minimum atomic E-state index is -0.00646. The Labute approximate surface area is 133 Å². The number of hydrogen-bond acceptors (Lipinski definition) is 1. The molecule has 0 N–H and O–H groups in total. The predicted molar refractivity (Wildman–Crippen MR) is 88.4 cm³/mol. The highest BCUT2D eigenvalue weighted by Crippen LogP contribution is 2.24. The van der Waals surface area contributed by atoms with Gasteiger partial charge in [0.25, 0.3) is 0 Å². The Morgan fingerprint density at radius 2 is 1.67 bits per heavy atom. The van der Waals surface area contributed by atoms with Crippen molar-refractivity contribution in [2.45, 2.75) is 6.42 Å². The number of fused-ring (bicyclic) bond motifs is 1. The van der Waals surface area contributed by atoms with Crippen LogP contribution < -0.4 is 0 Å². The van der Waals surface area contributed by atoms with Crippen LogP contribution in [-0.2, 0) is 6.42 Å². The molecule has 0 saturated carbocycles. The Hall–Kier alpha value is -1.83. The molecule has 0 aromatic heterocycles. The Balaban J connectivity index is 1.97. The maximum atomic E-state index is 12.5. The van der Waals surface area contributed by atoms with E-state index >= 15 is 0 Å². The van der Waals surface area contributed by atoms with E-state index in [1.54, 1.807) is 18.2 Å². The molecular formula is C18H12Cl2O. The van der Waals surface area contributed by atoms with Gasteiger partial charge in [-0.3, -0.25) is 4.79 Å². The number of halogens is 2. The van der Waals surface area contributed by atoms with Gasteiger partial charge >= 0.3 is 0 Å². The van der Waals surface area contributed by atoms with Gasteiger partial charge < -0.3 is 0 Å². The Morgan fingerprint density at radius 3 is 2.48 bits per heavy atom. The summed E-state index contributed by atoms with van der Waals surface area (Å²) in [6.45, 7) is 0. The van der Waals surface area contributed by atoms with Gasteiger partial charge in [0.05, 0.1) is 5.02 Å². The SMILES string of the molecule is O=C(Cc1cccc2ccccc12)c1ccc(Cl)cc1Cl. The van der Waals surface area contributed by atoms with E-state index in [2.05, 4.69) is 0 Å². The average Bonchev–Trinajstić information content (AvgIpc) is 2.47.